The molecule has 0 spiro atoms. The number of H-pyrrole nitrogens is 1. The molecule has 5 heteroatoms. The van der Waals surface area contributed by atoms with Gasteiger partial charge in [-0.3, -0.25) is 0 Å². The Morgan fingerprint density at radius 3 is 2.61 bits per heavy atom. The van der Waals surface area contributed by atoms with Crippen molar-refractivity contribution < 1.29 is 4.74 Å². The molecule has 4 rings (SSSR count). The van der Waals surface area contributed by atoms with E-state index in [-0.39, 0.29) is 0 Å². The third-order valence-corrected chi connectivity index (χ3v) is 6.49. The second kappa shape index (κ2) is 9.15. The highest BCUT2D eigenvalue weighted by atomic mass is 16.5. The zero-order valence-corrected chi connectivity index (χ0v) is 19.4. The van der Waals surface area contributed by atoms with Gasteiger partial charge >= 0.3 is 0 Å². The molecule has 0 aliphatic heterocycles. The first-order chi connectivity index (χ1) is 15.0. The van der Waals surface area contributed by atoms with Crippen molar-refractivity contribution in [2.75, 3.05) is 32.1 Å². The van der Waals surface area contributed by atoms with Crippen molar-refractivity contribution in [1.29, 1.82) is 0 Å². The van der Waals surface area contributed by atoms with E-state index in [0.29, 0.717) is 6.04 Å². The molecule has 1 unspecified atom stereocenters. The molecule has 0 saturated heterocycles. The lowest BCUT2D eigenvalue weighted by molar-refractivity contribution is 0.295. The zero-order chi connectivity index (χ0) is 22.0. The third-order valence-electron chi connectivity index (χ3n) is 6.49. The Morgan fingerprint density at radius 1 is 1.06 bits per heavy atom. The number of aromatic amines is 1. The van der Waals surface area contributed by atoms with E-state index >= 15 is 0 Å². The van der Waals surface area contributed by atoms with Crippen LogP contribution in [-0.4, -0.2) is 47.7 Å². The van der Waals surface area contributed by atoms with Crippen LogP contribution in [0.25, 0.3) is 32.6 Å². The van der Waals surface area contributed by atoms with Crippen LogP contribution in [0.1, 0.15) is 39.2 Å². The second-order valence-electron chi connectivity index (χ2n) is 8.43. The summed E-state index contributed by atoms with van der Waals surface area (Å²) in [6.07, 6.45) is 4.23. The van der Waals surface area contributed by atoms with E-state index in [9.17, 15) is 0 Å². The monoisotopic (exact) mass is 418 g/mol. The molecule has 0 amide bonds. The Bertz CT molecular complexity index is 1190. The lowest BCUT2D eigenvalue weighted by Crippen LogP contribution is -2.25. The number of aromatic nitrogens is 2. The fraction of sp³-hybridized carbons (Fsp3) is 0.423. The number of fused-ring (bicyclic) bond motifs is 4. The average molecular weight is 419 g/mol. The number of ether oxygens (including phenoxy) is 1. The van der Waals surface area contributed by atoms with Gasteiger partial charge in [-0.15, -0.1) is 0 Å². The van der Waals surface area contributed by atoms with Crippen LogP contribution in [0, 0.1) is 6.92 Å². The molecule has 0 fully saturated rings. The van der Waals surface area contributed by atoms with E-state index < -0.39 is 0 Å². The Balaban J connectivity index is 1.68. The first-order valence-electron chi connectivity index (χ1n) is 11.4. The van der Waals surface area contributed by atoms with Crippen molar-refractivity contribution >= 4 is 38.4 Å². The van der Waals surface area contributed by atoms with Gasteiger partial charge < -0.3 is 19.9 Å². The van der Waals surface area contributed by atoms with E-state index in [1.165, 1.54) is 39.0 Å². The number of nitrogens with one attached hydrogen (secondary N) is 2. The van der Waals surface area contributed by atoms with Gasteiger partial charge in [0.05, 0.1) is 12.6 Å². The largest absolute Gasteiger partial charge is 0.497 e. The van der Waals surface area contributed by atoms with E-state index in [1.807, 2.05) is 12.3 Å². The summed E-state index contributed by atoms with van der Waals surface area (Å²) in [6.45, 7) is 12.3. The van der Waals surface area contributed by atoms with Gasteiger partial charge in [-0.05, 0) is 87.6 Å². The van der Waals surface area contributed by atoms with Gasteiger partial charge in [-0.25, -0.2) is 4.98 Å². The highest BCUT2D eigenvalue weighted by Crippen LogP contribution is 2.36. The van der Waals surface area contributed by atoms with Crippen molar-refractivity contribution in [3.05, 3.63) is 42.1 Å². The number of hydrogen-bond donors (Lipinski definition) is 2. The van der Waals surface area contributed by atoms with Gasteiger partial charge in [0.1, 0.15) is 11.6 Å². The Morgan fingerprint density at radius 2 is 1.87 bits per heavy atom. The van der Waals surface area contributed by atoms with Crippen LogP contribution >= 0.6 is 0 Å². The SMILES string of the molecule is CCN(CC)CCCC(C)Nc1nccc2c(C)c3[nH]c4ccc(OC)cc4c3cc12. The standard InChI is InChI=1S/C26H34N4O/c1-6-30(7-2)14-8-9-17(3)28-26-23-16-22-21-15-19(31-5)10-11-24(21)29-25(22)18(4)20(23)12-13-27-26/h10-13,15-17,29H,6-9,14H2,1-5H3,(H,27,28). The first-order valence-corrected chi connectivity index (χ1v) is 11.4. The minimum atomic E-state index is 0.368. The van der Waals surface area contributed by atoms with Crippen LogP contribution in [0.15, 0.2) is 36.5 Å². The third kappa shape index (κ3) is 4.19. The van der Waals surface area contributed by atoms with E-state index in [1.54, 1.807) is 7.11 Å². The van der Waals surface area contributed by atoms with Crippen molar-refractivity contribution in [2.45, 2.75) is 46.6 Å². The Hall–Kier alpha value is -2.79. The minimum absolute atomic E-state index is 0.368. The average Bonchev–Trinajstić information content (AvgIpc) is 3.15. The number of pyridine rings is 1. The maximum Gasteiger partial charge on any atom is 0.134 e. The molecule has 4 aromatic rings. The lowest BCUT2D eigenvalue weighted by atomic mass is 10.0. The molecule has 2 heterocycles. The Kier molecular flexibility index (Phi) is 6.33. The van der Waals surface area contributed by atoms with Crippen LogP contribution in [0.4, 0.5) is 5.82 Å². The summed E-state index contributed by atoms with van der Waals surface area (Å²) in [7, 11) is 1.71. The maximum atomic E-state index is 5.46. The summed E-state index contributed by atoms with van der Waals surface area (Å²) >= 11 is 0. The highest BCUT2D eigenvalue weighted by Gasteiger charge is 2.14. The normalized spacial score (nSPS) is 12.8. The summed E-state index contributed by atoms with van der Waals surface area (Å²) in [5, 5.41) is 8.49. The smallest absolute Gasteiger partial charge is 0.134 e. The molecule has 2 N–H and O–H groups in total. The highest BCUT2D eigenvalue weighted by molar-refractivity contribution is 6.15. The number of methoxy groups -OCH3 is 1. The lowest BCUT2D eigenvalue weighted by Gasteiger charge is -2.20. The van der Waals surface area contributed by atoms with Crippen LogP contribution in [0.2, 0.25) is 0 Å². The molecule has 5 nitrogen and oxygen atoms in total. The van der Waals surface area contributed by atoms with Crippen LogP contribution in [-0.2, 0) is 0 Å². The number of aryl methyl sites for hydroxylation is 1. The number of rotatable bonds is 9. The molecular formula is C26H34N4O. The van der Waals surface area contributed by atoms with Gasteiger partial charge in [-0.1, -0.05) is 13.8 Å². The van der Waals surface area contributed by atoms with Crippen molar-refractivity contribution in [3.8, 4) is 5.75 Å². The molecule has 0 radical (unpaired) electrons. The zero-order valence-electron chi connectivity index (χ0n) is 19.4. The molecule has 2 aromatic heterocycles. The summed E-state index contributed by atoms with van der Waals surface area (Å²) < 4.78 is 5.46. The van der Waals surface area contributed by atoms with Gasteiger partial charge in [0.25, 0.3) is 0 Å². The molecule has 0 aliphatic carbocycles. The van der Waals surface area contributed by atoms with Crippen molar-refractivity contribution in [1.82, 2.24) is 14.9 Å². The molecule has 0 aliphatic rings. The summed E-state index contributed by atoms with van der Waals surface area (Å²) in [4.78, 5) is 10.8. The number of benzene rings is 2. The van der Waals surface area contributed by atoms with E-state index in [4.69, 9.17) is 9.72 Å². The van der Waals surface area contributed by atoms with Gasteiger partial charge in [0.15, 0.2) is 0 Å². The predicted molar refractivity (Wildman–Crippen MR) is 133 cm³/mol. The number of anilines is 1. The van der Waals surface area contributed by atoms with Crippen LogP contribution in [0.3, 0.4) is 0 Å². The molecule has 31 heavy (non-hydrogen) atoms. The minimum Gasteiger partial charge on any atom is -0.497 e. The van der Waals surface area contributed by atoms with E-state index in [2.05, 4.69) is 67.2 Å². The summed E-state index contributed by atoms with van der Waals surface area (Å²) in [6, 6.07) is 11.0. The second-order valence-corrected chi connectivity index (χ2v) is 8.43. The molecule has 0 bridgehead atoms. The maximum absolute atomic E-state index is 5.46. The molecule has 2 aromatic carbocycles. The number of hydrogen-bond acceptors (Lipinski definition) is 4. The topological polar surface area (TPSA) is 53.2 Å². The quantitative estimate of drug-likeness (QED) is 0.344. The molecule has 0 saturated carbocycles. The fourth-order valence-electron chi connectivity index (χ4n) is 4.57. The molecule has 164 valence electrons. The van der Waals surface area contributed by atoms with Gasteiger partial charge in [0.2, 0.25) is 0 Å². The van der Waals surface area contributed by atoms with Crippen molar-refractivity contribution in [3.63, 3.8) is 0 Å². The van der Waals surface area contributed by atoms with Crippen molar-refractivity contribution in [2.24, 2.45) is 0 Å². The first kappa shape index (κ1) is 21.4. The number of nitrogens with zero attached hydrogens (tertiary/aromatic N) is 2. The van der Waals surface area contributed by atoms with E-state index in [0.717, 1.165) is 43.1 Å². The van der Waals surface area contributed by atoms with Crippen LogP contribution < -0.4 is 10.1 Å². The predicted octanol–water partition coefficient (Wildman–Crippen LogP) is 6.11. The van der Waals surface area contributed by atoms with Gasteiger partial charge in [0, 0.05) is 33.9 Å². The summed E-state index contributed by atoms with van der Waals surface area (Å²) in [5.41, 5.74) is 3.56. The molecular weight excluding hydrogens is 384 g/mol. The van der Waals surface area contributed by atoms with Crippen LogP contribution in [0.5, 0.6) is 5.75 Å². The van der Waals surface area contributed by atoms with Gasteiger partial charge in [-0.2, -0.15) is 0 Å². The molecule has 1 atom stereocenters. The summed E-state index contributed by atoms with van der Waals surface area (Å²) in [5.74, 6) is 1.84. The Labute approximate surface area is 184 Å². The fourth-order valence-corrected chi connectivity index (χ4v) is 4.57.